The van der Waals surface area contributed by atoms with Crippen LogP contribution in [0, 0.1) is 5.92 Å². The summed E-state index contributed by atoms with van der Waals surface area (Å²) in [6.45, 7) is 1.91. The molecule has 1 aliphatic rings. The minimum absolute atomic E-state index is 0.0555. The molecule has 1 aromatic heterocycles. The third kappa shape index (κ3) is 2.65. The van der Waals surface area contributed by atoms with Gasteiger partial charge in [0.1, 0.15) is 11.1 Å². The molecule has 0 aliphatic carbocycles. The van der Waals surface area contributed by atoms with Crippen LogP contribution >= 0.6 is 0 Å². The first-order valence-electron chi connectivity index (χ1n) is 8.29. The third-order valence-corrected chi connectivity index (χ3v) is 4.47. The summed E-state index contributed by atoms with van der Waals surface area (Å²) in [5, 5.41) is 3.49. The van der Waals surface area contributed by atoms with Gasteiger partial charge in [0.15, 0.2) is 0 Å². The van der Waals surface area contributed by atoms with Crippen LogP contribution in [0.4, 0.5) is 11.4 Å². The SMILES string of the molecule is C[C@@H]1CN(C(=O)c2cc3ccccc3oc2=O)c2ccccc2NC1=O. The van der Waals surface area contributed by atoms with E-state index in [1.807, 2.05) is 6.07 Å². The van der Waals surface area contributed by atoms with Crippen molar-refractivity contribution in [1.29, 1.82) is 0 Å². The largest absolute Gasteiger partial charge is 0.422 e. The number of rotatable bonds is 1. The van der Waals surface area contributed by atoms with E-state index in [-0.39, 0.29) is 18.0 Å². The van der Waals surface area contributed by atoms with Crippen molar-refractivity contribution in [3.8, 4) is 0 Å². The highest BCUT2D eigenvalue weighted by Gasteiger charge is 2.30. The van der Waals surface area contributed by atoms with E-state index in [2.05, 4.69) is 5.32 Å². The summed E-state index contributed by atoms with van der Waals surface area (Å²) in [6.07, 6.45) is 0. The molecule has 3 aromatic rings. The Balaban J connectivity index is 1.84. The number of amides is 2. The Hall–Kier alpha value is -3.41. The first-order valence-corrected chi connectivity index (χ1v) is 8.29. The highest BCUT2D eigenvalue weighted by Crippen LogP contribution is 2.31. The van der Waals surface area contributed by atoms with Gasteiger partial charge in [0.25, 0.3) is 5.91 Å². The Morgan fingerprint density at radius 2 is 1.85 bits per heavy atom. The predicted molar refractivity (Wildman–Crippen MR) is 98.4 cm³/mol. The number of carbonyl (C=O) groups is 2. The van der Waals surface area contributed by atoms with E-state index in [1.54, 1.807) is 49.4 Å². The topological polar surface area (TPSA) is 79.6 Å². The van der Waals surface area contributed by atoms with E-state index >= 15 is 0 Å². The molecule has 0 bridgehead atoms. The molecule has 6 heteroatoms. The molecule has 2 amide bonds. The Bertz CT molecular complexity index is 1090. The highest BCUT2D eigenvalue weighted by molar-refractivity contribution is 6.11. The molecule has 130 valence electrons. The summed E-state index contributed by atoms with van der Waals surface area (Å²) < 4.78 is 5.29. The summed E-state index contributed by atoms with van der Waals surface area (Å²) in [6, 6.07) is 15.6. The van der Waals surface area contributed by atoms with E-state index in [9.17, 15) is 14.4 Å². The average molecular weight is 348 g/mol. The first kappa shape index (κ1) is 16.1. The van der Waals surface area contributed by atoms with Gasteiger partial charge in [-0.3, -0.25) is 9.59 Å². The quantitative estimate of drug-likeness (QED) is 0.686. The lowest BCUT2D eigenvalue weighted by molar-refractivity contribution is -0.119. The van der Waals surface area contributed by atoms with Gasteiger partial charge in [-0.05, 0) is 24.3 Å². The van der Waals surface area contributed by atoms with Crippen molar-refractivity contribution in [2.75, 3.05) is 16.8 Å². The van der Waals surface area contributed by atoms with Crippen molar-refractivity contribution in [2.24, 2.45) is 5.92 Å². The first-order chi connectivity index (χ1) is 12.5. The maximum absolute atomic E-state index is 13.2. The van der Waals surface area contributed by atoms with Gasteiger partial charge in [-0.25, -0.2) is 4.79 Å². The second-order valence-electron chi connectivity index (χ2n) is 6.31. The zero-order chi connectivity index (χ0) is 18.3. The summed E-state index contributed by atoms with van der Waals surface area (Å²) >= 11 is 0. The van der Waals surface area contributed by atoms with E-state index in [0.29, 0.717) is 22.3 Å². The van der Waals surface area contributed by atoms with Crippen LogP contribution < -0.4 is 15.8 Å². The summed E-state index contributed by atoms with van der Waals surface area (Å²) in [7, 11) is 0. The third-order valence-electron chi connectivity index (χ3n) is 4.47. The van der Waals surface area contributed by atoms with Gasteiger partial charge in [-0.2, -0.15) is 0 Å². The summed E-state index contributed by atoms with van der Waals surface area (Å²) in [4.78, 5) is 39.2. The van der Waals surface area contributed by atoms with Crippen LogP contribution in [-0.4, -0.2) is 18.4 Å². The molecule has 4 rings (SSSR count). The molecule has 0 saturated carbocycles. The van der Waals surface area contributed by atoms with E-state index < -0.39 is 17.5 Å². The van der Waals surface area contributed by atoms with Crippen LogP contribution in [0.15, 0.2) is 63.8 Å². The van der Waals surface area contributed by atoms with Gasteiger partial charge >= 0.3 is 5.63 Å². The monoisotopic (exact) mass is 348 g/mol. The fourth-order valence-electron chi connectivity index (χ4n) is 3.07. The molecule has 2 aromatic carbocycles. The van der Waals surface area contributed by atoms with Crippen molar-refractivity contribution < 1.29 is 14.0 Å². The second-order valence-corrected chi connectivity index (χ2v) is 6.31. The van der Waals surface area contributed by atoms with Crippen LogP contribution in [0.25, 0.3) is 11.0 Å². The number of fused-ring (bicyclic) bond motifs is 2. The fourth-order valence-corrected chi connectivity index (χ4v) is 3.07. The lowest BCUT2D eigenvalue weighted by Gasteiger charge is -2.23. The van der Waals surface area contributed by atoms with Crippen LogP contribution in [0.3, 0.4) is 0 Å². The number of para-hydroxylation sites is 3. The molecule has 0 radical (unpaired) electrons. The standard InChI is InChI=1S/C20H16N2O4/c1-12-11-22(16-8-4-3-7-15(16)21-18(12)23)19(24)14-10-13-6-2-5-9-17(13)26-20(14)25/h2-10,12H,11H2,1H3,(H,21,23)/t12-/m1/s1. The maximum atomic E-state index is 13.2. The summed E-state index contributed by atoms with van der Waals surface area (Å²) in [5.74, 6) is -1.07. The Morgan fingerprint density at radius 1 is 1.12 bits per heavy atom. The fraction of sp³-hybridized carbons (Fsp3) is 0.150. The number of nitrogens with zero attached hydrogens (tertiary/aromatic N) is 1. The van der Waals surface area contributed by atoms with Gasteiger partial charge in [-0.15, -0.1) is 0 Å². The van der Waals surface area contributed by atoms with Crippen molar-refractivity contribution in [2.45, 2.75) is 6.92 Å². The molecule has 6 nitrogen and oxygen atoms in total. The highest BCUT2D eigenvalue weighted by atomic mass is 16.4. The van der Waals surface area contributed by atoms with Gasteiger partial charge in [-0.1, -0.05) is 37.3 Å². The van der Waals surface area contributed by atoms with Crippen LogP contribution in [-0.2, 0) is 4.79 Å². The zero-order valence-corrected chi connectivity index (χ0v) is 14.1. The molecule has 2 heterocycles. The molecule has 1 atom stereocenters. The molecular weight excluding hydrogens is 332 g/mol. The molecule has 0 fully saturated rings. The van der Waals surface area contributed by atoms with Gasteiger partial charge in [0.05, 0.1) is 17.3 Å². The van der Waals surface area contributed by atoms with E-state index in [4.69, 9.17) is 4.42 Å². The molecule has 26 heavy (non-hydrogen) atoms. The number of anilines is 2. The average Bonchev–Trinajstić information content (AvgIpc) is 2.77. The molecular formula is C20H16N2O4. The van der Waals surface area contributed by atoms with Gasteiger partial charge < -0.3 is 14.6 Å². The minimum Gasteiger partial charge on any atom is -0.422 e. The van der Waals surface area contributed by atoms with Crippen molar-refractivity contribution in [1.82, 2.24) is 0 Å². The van der Waals surface area contributed by atoms with Crippen LogP contribution in [0.5, 0.6) is 0 Å². The Labute approximate surface area is 149 Å². The molecule has 1 aliphatic heterocycles. The Morgan fingerprint density at radius 3 is 2.69 bits per heavy atom. The number of hydrogen-bond acceptors (Lipinski definition) is 4. The van der Waals surface area contributed by atoms with Gasteiger partial charge in [0, 0.05) is 11.9 Å². The predicted octanol–water partition coefficient (Wildman–Crippen LogP) is 3.03. The van der Waals surface area contributed by atoms with E-state index in [0.717, 1.165) is 0 Å². The molecule has 0 spiro atoms. The van der Waals surface area contributed by atoms with Crippen molar-refractivity contribution >= 4 is 34.2 Å². The molecule has 1 N–H and O–H groups in total. The minimum atomic E-state index is -0.692. The second kappa shape index (κ2) is 6.15. The summed E-state index contributed by atoms with van der Waals surface area (Å²) in [5.41, 5.74) is 0.779. The van der Waals surface area contributed by atoms with Crippen molar-refractivity contribution in [3.63, 3.8) is 0 Å². The van der Waals surface area contributed by atoms with Crippen molar-refractivity contribution in [3.05, 3.63) is 70.6 Å². The lowest BCUT2D eigenvalue weighted by Crippen LogP contribution is -2.38. The molecule has 0 unspecified atom stereocenters. The lowest BCUT2D eigenvalue weighted by atomic mass is 10.1. The maximum Gasteiger partial charge on any atom is 0.349 e. The van der Waals surface area contributed by atoms with E-state index in [1.165, 1.54) is 11.0 Å². The van der Waals surface area contributed by atoms with Crippen LogP contribution in [0.1, 0.15) is 17.3 Å². The number of nitrogens with one attached hydrogen (secondary N) is 1. The van der Waals surface area contributed by atoms with Gasteiger partial charge in [0.2, 0.25) is 5.91 Å². The zero-order valence-electron chi connectivity index (χ0n) is 14.1. The number of carbonyl (C=O) groups excluding carboxylic acids is 2. The Kier molecular flexibility index (Phi) is 3.80. The normalized spacial score (nSPS) is 16.7. The number of benzene rings is 2. The number of hydrogen-bond donors (Lipinski definition) is 1. The smallest absolute Gasteiger partial charge is 0.349 e. The molecule has 0 saturated heterocycles. The van der Waals surface area contributed by atoms with Crippen LogP contribution in [0.2, 0.25) is 0 Å².